The number of rotatable bonds is 6. The lowest BCUT2D eigenvalue weighted by Gasteiger charge is -2.33. The van der Waals surface area contributed by atoms with Crippen LogP contribution in [0.2, 0.25) is 0 Å². The van der Waals surface area contributed by atoms with Gasteiger partial charge in [0.1, 0.15) is 6.61 Å². The number of sulfonamides is 1. The number of benzene rings is 2. The van der Waals surface area contributed by atoms with Crippen molar-refractivity contribution in [3.8, 4) is 0 Å². The Hall–Kier alpha value is -3.24. The zero-order valence-electron chi connectivity index (χ0n) is 17.8. The van der Waals surface area contributed by atoms with Crippen LogP contribution in [0.5, 0.6) is 0 Å². The molecule has 0 unspecified atom stereocenters. The number of nitrogens with zero attached hydrogens (tertiary/aromatic N) is 2. The largest absolute Gasteiger partial charge is 0.465 e. The van der Waals surface area contributed by atoms with Crippen molar-refractivity contribution in [1.29, 1.82) is 0 Å². The molecule has 1 fully saturated rings. The Morgan fingerprint density at radius 3 is 1.91 bits per heavy atom. The van der Waals surface area contributed by atoms with E-state index in [1.165, 1.54) is 42.6 Å². The summed E-state index contributed by atoms with van der Waals surface area (Å²) in [6.45, 7) is 2.60. The molecule has 0 bridgehead atoms. The van der Waals surface area contributed by atoms with Gasteiger partial charge in [-0.3, -0.25) is 4.79 Å². The first-order valence-corrected chi connectivity index (χ1v) is 11.4. The molecule has 0 aromatic heterocycles. The van der Waals surface area contributed by atoms with Gasteiger partial charge in [-0.1, -0.05) is 12.1 Å². The summed E-state index contributed by atoms with van der Waals surface area (Å²) >= 11 is 0. The molecule has 1 aliphatic heterocycles. The number of carbonyl (C=O) groups is 3. The number of hydrogen-bond acceptors (Lipinski definition) is 7. The Morgan fingerprint density at radius 1 is 0.844 bits per heavy atom. The van der Waals surface area contributed by atoms with Gasteiger partial charge in [-0.15, -0.1) is 0 Å². The van der Waals surface area contributed by atoms with Crippen LogP contribution in [0.4, 0.5) is 0 Å². The van der Waals surface area contributed by atoms with E-state index < -0.39 is 22.0 Å². The van der Waals surface area contributed by atoms with E-state index in [0.29, 0.717) is 24.2 Å². The van der Waals surface area contributed by atoms with Crippen molar-refractivity contribution >= 4 is 27.9 Å². The zero-order valence-corrected chi connectivity index (χ0v) is 18.6. The zero-order chi connectivity index (χ0) is 23.3. The molecule has 0 radical (unpaired) electrons. The van der Waals surface area contributed by atoms with Gasteiger partial charge in [0.15, 0.2) is 0 Å². The highest BCUT2D eigenvalue weighted by molar-refractivity contribution is 7.89. The minimum absolute atomic E-state index is 0.000756. The van der Waals surface area contributed by atoms with E-state index in [4.69, 9.17) is 4.74 Å². The predicted octanol–water partition coefficient (Wildman–Crippen LogP) is 1.68. The second-order valence-corrected chi connectivity index (χ2v) is 9.14. The summed E-state index contributed by atoms with van der Waals surface area (Å²) < 4.78 is 36.9. The normalized spacial score (nSPS) is 14.6. The van der Waals surface area contributed by atoms with Crippen molar-refractivity contribution in [3.63, 3.8) is 0 Å². The van der Waals surface area contributed by atoms with Crippen LogP contribution in [0, 0.1) is 0 Å². The Balaban J connectivity index is 1.59. The fraction of sp³-hybridized carbons (Fsp3) is 0.318. The molecular weight excluding hydrogens is 436 g/mol. The monoisotopic (exact) mass is 460 g/mol. The lowest BCUT2D eigenvalue weighted by atomic mass is 10.1. The molecule has 0 N–H and O–H groups in total. The molecule has 10 heteroatoms. The summed E-state index contributed by atoms with van der Waals surface area (Å²) in [6, 6.07) is 12.0. The van der Waals surface area contributed by atoms with E-state index in [0.717, 1.165) is 0 Å². The van der Waals surface area contributed by atoms with Gasteiger partial charge < -0.3 is 14.4 Å². The molecule has 0 spiro atoms. The van der Waals surface area contributed by atoms with Crippen LogP contribution >= 0.6 is 0 Å². The third kappa shape index (κ3) is 5.32. The summed E-state index contributed by atoms with van der Waals surface area (Å²) in [5.74, 6) is -1.13. The van der Waals surface area contributed by atoms with Gasteiger partial charge in [-0.2, -0.15) is 4.31 Å². The van der Waals surface area contributed by atoms with E-state index in [9.17, 15) is 22.8 Å². The second-order valence-electron chi connectivity index (χ2n) is 7.20. The van der Waals surface area contributed by atoms with Gasteiger partial charge in [0.2, 0.25) is 15.9 Å². The Kier molecular flexibility index (Phi) is 7.26. The highest BCUT2D eigenvalue weighted by Gasteiger charge is 2.29. The van der Waals surface area contributed by atoms with Crippen molar-refractivity contribution in [2.24, 2.45) is 0 Å². The molecule has 32 heavy (non-hydrogen) atoms. The first-order chi connectivity index (χ1) is 15.2. The summed E-state index contributed by atoms with van der Waals surface area (Å²) in [6.07, 6.45) is 0. The van der Waals surface area contributed by atoms with Crippen LogP contribution < -0.4 is 0 Å². The number of hydrogen-bond donors (Lipinski definition) is 0. The number of ether oxygens (including phenoxy) is 2. The molecule has 1 saturated heterocycles. The van der Waals surface area contributed by atoms with E-state index in [1.807, 2.05) is 0 Å². The number of carbonyl (C=O) groups excluding carboxylic acids is 3. The lowest BCUT2D eigenvalue weighted by Crippen LogP contribution is -2.49. The minimum atomic E-state index is -3.72. The minimum Gasteiger partial charge on any atom is -0.465 e. The van der Waals surface area contributed by atoms with Crippen molar-refractivity contribution in [2.45, 2.75) is 18.4 Å². The quantitative estimate of drug-likeness (QED) is 0.603. The summed E-state index contributed by atoms with van der Waals surface area (Å²) in [5, 5.41) is 0. The average molecular weight is 461 g/mol. The maximum absolute atomic E-state index is 12.8. The second kappa shape index (κ2) is 9.92. The SMILES string of the molecule is COC(=O)c1ccc(COC(=O)c2ccc(S(=O)(=O)N3CCN(C(C)=O)CC3)cc2)cc1. The summed E-state index contributed by atoms with van der Waals surface area (Å²) in [5.41, 5.74) is 1.30. The van der Waals surface area contributed by atoms with Crippen molar-refractivity contribution in [2.75, 3.05) is 33.3 Å². The highest BCUT2D eigenvalue weighted by Crippen LogP contribution is 2.19. The molecular formula is C22H24N2O7S. The molecule has 1 amide bonds. The fourth-order valence-electron chi connectivity index (χ4n) is 3.24. The molecule has 0 saturated carbocycles. The standard InChI is InChI=1S/C22H24N2O7S/c1-16(25)23-11-13-24(14-12-23)32(28,29)20-9-7-19(8-10-20)22(27)31-15-17-3-5-18(6-4-17)21(26)30-2/h3-10H,11-15H2,1-2H3. The number of methoxy groups -OCH3 is 1. The summed E-state index contributed by atoms with van der Waals surface area (Å²) in [7, 11) is -2.42. The third-order valence-corrected chi connectivity index (χ3v) is 7.07. The molecule has 0 atom stereocenters. The van der Waals surface area contributed by atoms with Crippen LogP contribution in [-0.2, 0) is 30.9 Å². The molecule has 1 heterocycles. The van der Waals surface area contributed by atoms with Gasteiger partial charge in [-0.25, -0.2) is 18.0 Å². The Morgan fingerprint density at radius 2 is 1.38 bits per heavy atom. The first-order valence-electron chi connectivity index (χ1n) is 9.92. The van der Waals surface area contributed by atoms with E-state index in [2.05, 4.69) is 4.74 Å². The van der Waals surface area contributed by atoms with Crippen LogP contribution in [0.1, 0.15) is 33.2 Å². The van der Waals surface area contributed by atoms with Crippen LogP contribution in [0.3, 0.4) is 0 Å². The molecule has 0 aliphatic carbocycles. The van der Waals surface area contributed by atoms with E-state index in [-0.39, 0.29) is 36.1 Å². The Labute approximate surface area is 186 Å². The van der Waals surface area contributed by atoms with Crippen molar-refractivity contribution < 1.29 is 32.3 Å². The molecule has 170 valence electrons. The van der Waals surface area contributed by atoms with E-state index >= 15 is 0 Å². The third-order valence-electron chi connectivity index (χ3n) is 5.16. The highest BCUT2D eigenvalue weighted by atomic mass is 32.2. The lowest BCUT2D eigenvalue weighted by molar-refractivity contribution is -0.129. The van der Waals surface area contributed by atoms with Crippen molar-refractivity contribution in [1.82, 2.24) is 9.21 Å². The molecule has 9 nitrogen and oxygen atoms in total. The smallest absolute Gasteiger partial charge is 0.338 e. The number of esters is 2. The predicted molar refractivity (Wildman–Crippen MR) is 114 cm³/mol. The first kappa shape index (κ1) is 23.4. The molecule has 2 aromatic carbocycles. The molecule has 1 aliphatic rings. The van der Waals surface area contributed by atoms with Crippen LogP contribution in [-0.4, -0.2) is 68.8 Å². The number of amides is 1. The average Bonchev–Trinajstić information content (AvgIpc) is 2.82. The topological polar surface area (TPSA) is 110 Å². The van der Waals surface area contributed by atoms with E-state index in [1.54, 1.807) is 29.2 Å². The fourth-order valence-corrected chi connectivity index (χ4v) is 4.66. The molecule has 3 rings (SSSR count). The Bertz CT molecular complexity index is 1090. The van der Waals surface area contributed by atoms with Gasteiger partial charge in [0.25, 0.3) is 0 Å². The number of piperazine rings is 1. The van der Waals surface area contributed by atoms with Gasteiger partial charge in [0, 0.05) is 33.1 Å². The van der Waals surface area contributed by atoms with Gasteiger partial charge in [-0.05, 0) is 42.0 Å². The maximum atomic E-state index is 12.8. The van der Waals surface area contributed by atoms with Gasteiger partial charge >= 0.3 is 11.9 Å². The molecule has 2 aromatic rings. The van der Waals surface area contributed by atoms with Crippen molar-refractivity contribution in [3.05, 3.63) is 65.2 Å². The maximum Gasteiger partial charge on any atom is 0.338 e. The van der Waals surface area contributed by atoms with Gasteiger partial charge in [0.05, 0.1) is 23.1 Å². The summed E-state index contributed by atoms with van der Waals surface area (Å²) in [4.78, 5) is 36.9. The van der Waals surface area contributed by atoms with Crippen LogP contribution in [0.25, 0.3) is 0 Å². The van der Waals surface area contributed by atoms with Crippen LogP contribution in [0.15, 0.2) is 53.4 Å².